The van der Waals surface area contributed by atoms with Gasteiger partial charge >= 0.3 is 6.03 Å². The molecule has 0 radical (unpaired) electrons. The third-order valence-electron chi connectivity index (χ3n) is 6.94. The predicted octanol–water partition coefficient (Wildman–Crippen LogP) is 2.87. The monoisotopic (exact) mass is 474 g/mol. The van der Waals surface area contributed by atoms with Gasteiger partial charge in [0.25, 0.3) is 5.91 Å². The summed E-state index contributed by atoms with van der Waals surface area (Å²) in [5.41, 5.74) is 1.62. The van der Waals surface area contributed by atoms with Gasteiger partial charge in [-0.15, -0.1) is 0 Å². The van der Waals surface area contributed by atoms with Crippen molar-refractivity contribution in [2.45, 2.75) is 65.3 Å². The number of benzene rings is 1. The molecule has 0 saturated carbocycles. The second-order valence-electron chi connectivity index (χ2n) is 9.52. The van der Waals surface area contributed by atoms with Crippen LogP contribution in [0.25, 0.3) is 0 Å². The standard InChI is InChI=1S/C26H42N4O4/c1-5-22(6-2)24(29-11-13-33-14-12-29)16-28-26(32)27-15-21-7-9-23(10-8-21)25(31)30-17-19(3)34-20(4)18-30/h7-10,19-20,22,24H,5-6,11-18H2,1-4H3,(H2,27,28,32). The molecule has 3 atom stereocenters. The summed E-state index contributed by atoms with van der Waals surface area (Å²) >= 11 is 0. The summed E-state index contributed by atoms with van der Waals surface area (Å²) in [4.78, 5) is 29.6. The molecule has 2 aliphatic heterocycles. The van der Waals surface area contributed by atoms with Crippen molar-refractivity contribution in [3.8, 4) is 0 Å². The molecule has 2 saturated heterocycles. The van der Waals surface area contributed by atoms with E-state index in [4.69, 9.17) is 9.47 Å². The van der Waals surface area contributed by atoms with Crippen molar-refractivity contribution in [1.29, 1.82) is 0 Å². The Labute approximate surface area is 204 Å². The smallest absolute Gasteiger partial charge is 0.315 e. The first-order valence-electron chi connectivity index (χ1n) is 12.8. The highest BCUT2D eigenvalue weighted by molar-refractivity contribution is 5.94. The summed E-state index contributed by atoms with van der Waals surface area (Å²) in [6, 6.07) is 7.64. The highest BCUT2D eigenvalue weighted by Gasteiger charge is 2.28. The molecule has 190 valence electrons. The number of nitrogens with one attached hydrogen (secondary N) is 2. The third-order valence-corrected chi connectivity index (χ3v) is 6.94. The van der Waals surface area contributed by atoms with E-state index in [9.17, 15) is 9.59 Å². The van der Waals surface area contributed by atoms with Crippen LogP contribution in [0.15, 0.2) is 24.3 Å². The fourth-order valence-electron chi connectivity index (χ4n) is 5.07. The van der Waals surface area contributed by atoms with Gasteiger partial charge in [-0.1, -0.05) is 38.8 Å². The van der Waals surface area contributed by atoms with E-state index in [1.807, 2.05) is 43.0 Å². The van der Waals surface area contributed by atoms with E-state index in [-0.39, 0.29) is 24.1 Å². The molecule has 3 unspecified atom stereocenters. The first-order valence-corrected chi connectivity index (χ1v) is 12.8. The predicted molar refractivity (Wildman–Crippen MR) is 133 cm³/mol. The number of amides is 3. The van der Waals surface area contributed by atoms with E-state index >= 15 is 0 Å². The molecule has 1 aromatic carbocycles. The van der Waals surface area contributed by atoms with Crippen LogP contribution >= 0.6 is 0 Å². The Hall–Kier alpha value is -2.16. The fourth-order valence-corrected chi connectivity index (χ4v) is 5.07. The Morgan fingerprint density at radius 1 is 1.00 bits per heavy atom. The van der Waals surface area contributed by atoms with Crippen molar-refractivity contribution in [2.75, 3.05) is 45.9 Å². The Balaban J connectivity index is 1.47. The molecule has 1 aromatic rings. The first-order chi connectivity index (χ1) is 16.4. The maximum absolute atomic E-state index is 12.8. The van der Waals surface area contributed by atoms with Gasteiger partial charge in [0.2, 0.25) is 0 Å². The largest absolute Gasteiger partial charge is 0.379 e. The van der Waals surface area contributed by atoms with Crippen LogP contribution in [0.1, 0.15) is 56.5 Å². The van der Waals surface area contributed by atoms with Gasteiger partial charge in [0.15, 0.2) is 0 Å². The lowest BCUT2D eigenvalue weighted by Crippen LogP contribution is -2.53. The summed E-state index contributed by atoms with van der Waals surface area (Å²) in [6.07, 6.45) is 2.27. The van der Waals surface area contributed by atoms with Crippen LogP contribution < -0.4 is 10.6 Å². The maximum Gasteiger partial charge on any atom is 0.315 e. The average molecular weight is 475 g/mol. The Bertz CT molecular complexity index is 768. The van der Waals surface area contributed by atoms with E-state index in [1.165, 1.54) is 0 Å². The molecule has 34 heavy (non-hydrogen) atoms. The van der Waals surface area contributed by atoms with Gasteiger partial charge in [-0.05, 0) is 37.5 Å². The second-order valence-corrected chi connectivity index (χ2v) is 9.52. The number of hydrogen-bond acceptors (Lipinski definition) is 5. The zero-order valence-electron chi connectivity index (χ0n) is 21.2. The lowest BCUT2D eigenvalue weighted by Gasteiger charge is -2.38. The molecule has 3 rings (SSSR count). The quantitative estimate of drug-likeness (QED) is 0.575. The molecule has 0 aliphatic carbocycles. The lowest BCUT2D eigenvalue weighted by atomic mass is 9.92. The Morgan fingerprint density at radius 2 is 1.62 bits per heavy atom. The minimum absolute atomic E-state index is 0.0230. The molecule has 0 bridgehead atoms. The molecule has 3 amide bonds. The molecule has 2 aliphatic rings. The van der Waals surface area contributed by atoms with Gasteiger partial charge in [-0.25, -0.2) is 4.79 Å². The zero-order chi connectivity index (χ0) is 24.5. The van der Waals surface area contributed by atoms with Gasteiger partial charge in [0.1, 0.15) is 0 Å². The van der Waals surface area contributed by atoms with Crippen molar-refractivity contribution in [3.63, 3.8) is 0 Å². The zero-order valence-corrected chi connectivity index (χ0v) is 21.2. The lowest BCUT2D eigenvalue weighted by molar-refractivity contribution is -0.0586. The summed E-state index contributed by atoms with van der Waals surface area (Å²) < 4.78 is 11.2. The van der Waals surface area contributed by atoms with Crippen LogP contribution in [0.5, 0.6) is 0 Å². The summed E-state index contributed by atoms with van der Waals surface area (Å²) in [6.45, 7) is 14.0. The van der Waals surface area contributed by atoms with Crippen LogP contribution in [0, 0.1) is 5.92 Å². The number of hydrogen-bond donors (Lipinski definition) is 2. The van der Waals surface area contributed by atoms with Gasteiger partial charge in [0, 0.05) is 50.9 Å². The molecular weight excluding hydrogens is 432 g/mol. The molecule has 8 nitrogen and oxygen atoms in total. The summed E-state index contributed by atoms with van der Waals surface area (Å²) in [7, 11) is 0. The van der Waals surface area contributed by atoms with Gasteiger partial charge in [-0.2, -0.15) is 0 Å². The van der Waals surface area contributed by atoms with Crippen molar-refractivity contribution in [3.05, 3.63) is 35.4 Å². The molecule has 8 heteroatoms. The number of morpholine rings is 2. The number of rotatable bonds is 9. The van der Waals surface area contributed by atoms with Crippen molar-refractivity contribution < 1.29 is 19.1 Å². The van der Waals surface area contributed by atoms with Gasteiger partial charge < -0.3 is 25.0 Å². The summed E-state index contributed by atoms with van der Waals surface area (Å²) in [5.74, 6) is 0.565. The highest BCUT2D eigenvalue weighted by atomic mass is 16.5. The van der Waals surface area contributed by atoms with E-state index in [0.717, 1.165) is 44.7 Å². The van der Waals surface area contributed by atoms with E-state index in [2.05, 4.69) is 29.4 Å². The minimum atomic E-state index is -0.166. The second kappa shape index (κ2) is 13.1. The summed E-state index contributed by atoms with van der Waals surface area (Å²) in [5, 5.41) is 6.03. The van der Waals surface area contributed by atoms with Crippen LogP contribution in [-0.2, 0) is 16.0 Å². The first kappa shape index (κ1) is 26.4. The average Bonchev–Trinajstić information content (AvgIpc) is 2.85. The molecule has 2 heterocycles. The van der Waals surface area contributed by atoms with Crippen LogP contribution in [0.3, 0.4) is 0 Å². The van der Waals surface area contributed by atoms with E-state index in [1.54, 1.807) is 0 Å². The molecule has 2 N–H and O–H groups in total. The van der Waals surface area contributed by atoms with Crippen LogP contribution in [-0.4, -0.2) is 85.9 Å². The fraction of sp³-hybridized carbons (Fsp3) is 0.692. The van der Waals surface area contributed by atoms with Crippen LogP contribution in [0.2, 0.25) is 0 Å². The van der Waals surface area contributed by atoms with E-state index < -0.39 is 0 Å². The van der Waals surface area contributed by atoms with Crippen molar-refractivity contribution >= 4 is 11.9 Å². The van der Waals surface area contributed by atoms with E-state index in [0.29, 0.717) is 43.7 Å². The number of nitrogens with zero attached hydrogens (tertiary/aromatic N) is 2. The SMILES string of the molecule is CCC(CC)C(CNC(=O)NCc1ccc(C(=O)N2CC(C)OC(C)C2)cc1)N1CCOCC1. The topological polar surface area (TPSA) is 83.1 Å². The number of urea groups is 1. The van der Waals surface area contributed by atoms with Gasteiger partial charge in [-0.3, -0.25) is 9.69 Å². The Morgan fingerprint density at radius 3 is 2.21 bits per heavy atom. The molecular formula is C26H42N4O4. The minimum Gasteiger partial charge on any atom is -0.379 e. The highest BCUT2D eigenvalue weighted by Crippen LogP contribution is 2.20. The number of ether oxygens (including phenoxy) is 2. The molecule has 0 spiro atoms. The van der Waals surface area contributed by atoms with Crippen molar-refractivity contribution in [1.82, 2.24) is 20.4 Å². The van der Waals surface area contributed by atoms with Crippen LogP contribution in [0.4, 0.5) is 4.79 Å². The molecule has 2 fully saturated rings. The third kappa shape index (κ3) is 7.42. The number of carbonyl (C=O) groups excluding carboxylic acids is 2. The van der Waals surface area contributed by atoms with Crippen molar-refractivity contribution in [2.24, 2.45) is 5.92 Å². The number of carbonyl (C=O) groups is 2. The van der Waals surface area contributed by atoms with Gasteiger partial charge in [0.05, 0.1) is 25.4 Å². The normalized spacial score (nSPS) is 22.4. The maximum atomic E-state index is 12.8. The molecule has 0 aromatic heterocycles. The Kier molecular flexibility index (Phi) is 10.2.